The molecular weight excluding hydrogens is 447 g/mol. The van der Waals surface area contributed by atoms with Gasteiger partial charge in [0.05, 0.1) is 19.2 Å². The summed E-state index contributed by atoms with van der Waals surface area (Å²) in [4.78, 5) is 24.9. The molecule has 0 aromatic heterocycles. The molecule has 178 valence electrons. The van der Waals surface area contributed by atoms with Crippen LogP contribution < -0.4 is 20.7 Å². The minimum atomic E-state index is -4.51. The quantitative estimate of drug-likeness (QED) is 0.419. The fourth-order valence-electron chi connectivity index (χ4n) is 3.30. The predicted molar refractivity (Wildman–Crippen MR) is 124 cm³/mol. The van der Waals surface area contributed by atoms with Crippen molar-refractivity contribution in [1.29, 1.82) is 0 Å². The maximum atomic E-state index is 12.9. The normalized spacial score (nSPS) is 12.0. The van der Waals surface area contributed by atoms with Gasteiger partial charge in [0.25, 0.3) is 5.91 Å². The third-order valence-electron chi connectivity index (χ3n) is 5.03. The van der Waals surface area contributed by atoms with Crippen molar-refractivity contribution >= 4 is 23.2 Å². The van der Waals surface area contributed by atoms with E-state index < -0.39 is 17.6 Å². The Kier molecular flexibility index (Phi) is 7.91. The van der Waals surface area contributed by atoms with Crippen molar-refractivity contribution in [1.82, 2.24) is 5.32 Å². The zero-order valence-electron chi connectivity index (χ0n) is 18.6. The van der Waals surface area contributed by atoms with Gasteiger partial charge >= 0.3 is 6.18 Å². The molecule has 6 nitrogen and oxygen atoms in total. The second-order valence-corrected chi connectivity index (χ2v) is 7.51. The minimum Gasteiger partial charge on any atom is -0.496 e. The first kappa shape index (κ1) is 24.8. The molecule has 1 atom stereocenters. The zero-order chi connectivity index (χ0) is 24.7. The van der Waals surface area contributed by atoms with Crippen molar-refractivity contribution < 1.29 is 27.5 Å². The highest BCUT2D eigenvalue weighted by atomic mass is 19.4. The van der Waals surface area contributed by atoms with Crippen LogP contribution in [-0.4, -0.2) is 25.5 Å². The maximum absolute atomic E-state index is 12.9. The topological polar surface area (TPSA) is 79.5 Å². The van der Waals surface area contributed by atoms with Crippen LogP contribution in [0.25, 0.3) is 0 Å². The molecule has 0 fully saturated rings. The Morgan fingerprint density at radius 3 is 2.29 bits per heavy atom. The van der Waals surface area contributed by atoms with Gasteiger partial charge in [-0.15, -0.1) is 0 Å². The van der Waals surface area contributed by atoms with Crippen LogP contribution in [0, 0.1) is 0 Å². The Morgan fingerprint density at radius 2 is 1.59 bits per heavy atom. The van der Waals surface area contributed by atoms with Crippen LogP contribution in [0.1, 0.15) is 34.5 Å². The van der Waals surface area contributed by atoms with Crippen LogP contribution in [0.3, 0.4) is 0 Å². The van der Waals surface area contributed by atoms with E-state index in [0.29, 0.717) is 11.4 Å². The first-order chi connectivity index (χ1) is 16.2. The molecule has 3 aromatic carbocycles. The predicted octanol–water partition coefficient (Wildman–Crippen LogP) is 5.26. The third kappa shape index (κ3) is 6.58. The number of halogens is 3. The number of hydrogen-bond acceptors (Lipinski definition) is 4. The van der Waals surface area contributed by atoms with Crippen LogP contribution >= 0.6 is 0 Å². The average Bonchev–Trinajstić information content (AvgIpc) is 2.82. The molecule has 34 heavy (non-hydrogen) atoms. The van der Waals surface area contributed by atoms with Gasteiger partial charge in [0, 0.05) is 28.5 Å². The van der Waals surface area contributed by atoms with E-state index in [4.69, 9.17) is 4.74 Å². The summed E-state index contributed by atoms with van der Waals surface area (Å²) in [6.45, 7) is 1.92. The molecule has 0 aliphatic rings. The Bertz CT molecular complexity index is 1170. The van der Waals surface area contributed by atoms with Gasteiger partial charge in [0.1, 0.15) is 5.75 Å². The van der Waals surface area contributed by atoms with Crippen LogP contribution in [0.2, 0.25) is 0 Å². The zero-order valence-corrected chi connectivity index (χ0v) is 18.6. The monoisotopic (exact) mass is 471 g/mol. The van der Waals surface area contributed by atoms with Crippen LogP contribution in [0.5, 0.6) is 5.75 Å². The summed E-state index contributed by atoms with van der Waals surface area (Å²) in [5.74, 6) is -0.210. The molecule has 0 saturated heterocycles. The fourth-order valence-corrected chi connectivity index (χ4v) is 3.30. The number of para-hydroxylation sites is 1. The fraction of sp³-hybridized carbons (Fsp3) is 0.200. The molecule has 0 radical (unpaired) electrons. The van der Waals surface area contributed by atoms with Gasteiger partial charge in [-0.05, 0) is 49.4 Å². The van der Waals surface area contributed by atoms with Gasteiger partial charge in [-0.1, -0.05) is 30.3 Å². The van der Waals surface area contributed by atoms with E-state index in [9.17, 15) is 22.8 Å². The van der Waals surface area contributed by atoms with Crippen molar-refractivity contribution in [3.63, 3.8) is 0 Å². The lowest BCUT2D eigenvalue weighted by molar-refractivity contribution is -0.137. The third-order valence-corrected chi connectivity index (χ3v) is 5.03. The highest BCUT2D eigenvalue weighted by molar-refractivity contribution is 6.05. The summed E-state index contributed by atoms with van der Waals surface area (Å²) in [7, 11) is 1.58. The lowest BCUT2D eigenvalue weighted by Gasteiger charge is -2.17. The molecule has 3 N–H and O–H groups in total. The first-order valence-electron chi connectivity index (χ1n) is 10.4. The van der Waals surface area contributed by atoms with Crippen molar-refractivity contribution in [2.75, 3.05) is 24.3 Å². The van der Waals surface area contributed by atoms with Crippen molar-refractivity contribution in [2.45, 2.75) is 19.1 Å². The van der Waals surface area contributed by atoms with E-state index in [0.717, 1.165) is 17.7 Å². The molecule has 3 aromatic rings. The second-order valence-electron chi connectivity index (χ2n) is 7.51. The molecular formula is C25H24F3N3O3. The SMILES string of the molecule is COc1ccccc1[C@@H](C)NCC(=O)Nc1cccc(C(=O)Nc2cccc(C(F)(F)F)c2)c1. The molecule has 0 spiro atoms. The number of alkyl halides is 3. The summed E-state index contributed by atoms with van der Waals surface area (Å²) >= 11 is 0. The molecule has 0 heterocycles. The molecule has 3 rings (SSSR count). The van der Waals surface area contributed by atoms with Gasteiger partial charge in [-0.2, -0.15) is 13.2 Å². The second kappa shape index (κ2) is 10.8. The number of nitrogens with one attached hydrogen (secondary N) is 3. The van der Waals surface area contributed by atoms with E-state index in [1.807, 2.05) is 31.2 Å². The maximum Gasteiger partial charge on any atom is 0.416 e. The largest absolute Gasteiger partial charge is 0.496 e. The van der Waals surface area contributed by atoms with E-state index in [-0.39, 0.29) is 29.7 Å². The number of carbonyl (C=O) groups is 2. The minimum absolute atomic E-state index is 0.0138. The summed E-state index contributed by atoms with van der Waals surface area (Å²) in [5, 5.41) is 8.27. The number of ether oxygens (including phenoxy) is 1. The van der Waals surface area contributed by atoms with Crippen LogP contribution in [0.4, 0.5) is 24.5 Å². The van der Waals surface area contributed by atoms with E-state index >= 15 is 0 Å². The molecule has 0 aliphatic carbocycles. The van der Waals surface area contributed by atoms with Crippen molar-refractivity contribution in [2.24, 2.45) is 0 Å². The van der Waals surface area contributed by atoms with Gasteiger partial charge in [0.15, 0.2) is 0 Å². The standard InChI is InChI=1S/C25H24F3N3O3/c1-16(21-11-3-4-12-22(21)34-2)29-15-23(32)30-19-9-5-7-17(13-19)24(33)31-20-10-6-8-18(14-20)25(26,27)28/h3-14,16,29H,15H2,1-2H3,(H,30,32)(H,31,33)/t16-/m1/s1. The van der Waals surface area contributed by atoms with Gasteiger partial charge in [0.2, 0.25) is 5.91 Å². The Morgan fingerprint density at radius 1 is 0.912 bits per heavy atom. The molecule has 0 saturated carbocycles. The number of amides is 2. The molecule has 0 unspecified atom stereocenters. The van der Waals surface area contributed by atoms with Gasteiger partial charge in [-0.3, -0.25) is 9.59 Å². The molecule has 9 heteroatoms. The highest BCUT2D eigenvalue weighted by Crippen LogP contribution is 2.30. The lowest BCUT2D eigenvalue weighted by atomic mass is 10.1. The number of rotatable bonds is 8. The van der Waals surface area contributed by atoms with E-state index in [2.05, 4.69) is 16.0 Å². The summed E-state index contributed by atoms with van der Waals surface area (Å²) in [6.07, 6.45) is -4.51. The first-order valence-corrected chi connectivity index (χ1v) is 10.4. The molecule has 0 bridgehead atoms. The Balaban J connectivity index is 1.59. The highest BCUT2D eigenvalue weighted by Gasteiger charge is 2.30. The number of methoxy groups -OCH3 is 1. The van der Waals surface area contributed by atoms with Crippen LogP contribution in [0.15, 0.2) is 72.8 Å². The Labute approximate surface area is 195 Å². The number of benzene rings is 3. The summed E-state index contributed by atoms with van der Waals surface area (Å²) < 4.78 is 44.0. The average molecular weight is 471 g/mol. The lowest BCUT2D eigenvalue weighted by Crippen LogP contribution is -2.30. The summed E-state index contributed by atoms with van der Waals surface area (Å²) in [5.41, 5.74) is 0.634. The van der Waals surface area contributed by atoms with E-state index in [1.54, 1.807) is 19.2 Å². The molecule has 2 amide bonds. The van der Waals surface area contributed by atoms with E-state index in [1.165, 1.54) is 24.3 Å². The van der Waals surface area contributed by atoms with Crippen molar-refractivity contribution in [3.05, 3.63) is 89.5 Å². The molecule has 0 aliphatic heterocycles. The smallest absolute Gasteiger partial charge is 0.416 e. The Hall–Kier alpha value is -3.85. The number of hydrogen-bond donors (Lipinski definition) is 3. The van der Waals surface area contributed by atoms with Crippen LogP contribution in [-0.2, 0) is 11.0 Å². The van der Waals surface area contributed by atoms with Crippen molar-refractivity contribution in [3.8, 4) is 5.75 Å². The summed E-state index contributed by atoms with van der Waals surface area (Å²) in [6, 6.07) is 17.8. The number of carbonyl (C=O) groups excluding carboxylic acids is 2. The van der Waals surface area contributed by atoms with Gasteiger partial charge < -0.3 is 20.7 Å². The number of anilines is 2. The van der Waals surface area contributed by atoms with Gasteiger partial charge in [-0.25, -0.2) is 0 Å².